The molecule has 2 heterocycles. The van der Waals surface area contributed by atoms with Crippen LogP contribution in [0.2, 0.25) is 0 Å². The summed E-state index contributed by atoms with van der Waals surface area (Å²) in [6, 6.07) is 0. The summed E-state index contributed by atoms with van der Waals surface area (Å²) in [7, 11) is 1.96. The van der Waals surface area contributed by atoms with Crippen molar-refractivity contribution in [3.05, 3.63) is 5.82 Å². The first-order valence-corrected chi connectivity index (χ1v) is 6.45. The van der Waals surface area contributed by atoms with Crippen molar-refractivity contribution in [1.29, 1.82) is 0 Å². The summed E-state index contributed by atoms with van der Waals surface area (Å²) in [4.78, 5) is 4.39. The first-order valence-electron chi connectivity index (χ1n) is 5.47. The molecule has 0 radical (unpaired) electrons. The SMILES string of the molecule is Cc1nc(SCC2CCNCC2)n(C)n1. The summed E-state index contributed by atoms with van der Waals surface area (Å²) >= 11 is 1.84. The Morgan fingerprint density at radius 1 is 1.47 bits per heavy atom. The van der Waals surface area contributed by atoms with Crippen molar-refractivity contribution in [3.8, 4) is 0 Å². The first kappa shape index (κ1) is 11.0. The predicted octanol–water partition coefficient (Wildman–Crippen LogP) is 1.22. The van der Waals surface area contributed by atoms with Crippen molar-refractivity contribution in [2.45, 2.75) is 24.9 Å². The van der Waals surface area contributed by atoms with Crippen LogP contribution in [0.4, 0.5) is 0 Å². The maximum absolute atomic E-state index is 4.39. The molecule has 5 heteroatoms. The molecule has 4 nitrogen and oxygen atoms in total. The molecule has 84 valence electrons. The van der Waals surface area contributed by atoms with Crippen LogP contribution in [0.5, 0.6) is 0 Å². The lowest BCUT2D eigenvalue weighted by Gasteiger charge is -2.21. The van der Waals surface area contributed by atoms with Gasteiger partial charge in [-0.2, -0.15) is 5.10 Å². The van der Waals surface area contributed by atoms with E-state index in [1.165, 1.54) is 31.7 Å². The zero-order valence-electron chi connectivity index (χ0n) is 9.36. The summed E-state index contributed by atoms with van der Waals surface area (Å²) in [6.07, 6.45) is 2.59. The summed E-state index contributed by atoms with van der Waals surface area (Å²) in [5.41, 5.74) is 0. The quantitative estimate of drug-likeness (QED) is 0.787. The summed E-state index contributed by atoms with van der Waals surface area (Å²) in [5, 5.41) is 8.68. The average Bonchev–Trinajstić information content (AvgIpc) is 2.56. The van der Waals surface area contributed by atoms with Crippen molar-refractivity contribution >= 4 is 11.8 Å². The van der Waals surface area contributed by atoms with Crippen molar-refractivity contribution < 1.29 is 0 Å². The van der Waals surface area contributed by atoms with Crippen molar-refractivity contribution in [3.63, 3.8) is 0 Å². The van der Waals surface area contributed by atoms with E-state index in [-0.39, 0.29) is 0 Å². The second-order valence-electron chi connectivity index (χ2n) is 4.07. The predicted molar refractivity (Wildman–Crippen MR) is 62.1 cm³/mol. The highest BCUT2D eigenvalue weighted by molar-refractivity contribution is 7.99. The van der Waals surface area contributed by atoms with Gasteiger partial charge in [-0.25, -0.2) is 9.67 Å². The van der Waals surface area contributed by atoms with Crippen LogP contribution in [-0.4, -0.2) is 33.6 Å². The lowest BCUT2D eigenvalue weighted by molar-refractivity contribution is 0.407. The van der Waals surface area contributed by atoms with Gasteiger partial charge >= 0.3 is 0 Å². The number of nitrogens with zero attached hydrogens (tertiary/aromatic N) is 3. The number of aryl methyl sites for hydroxylation is 2. The zero-order valence-corrected chi connectivity index (χ0v) is 10.2. The molecule has 0 aromatic carbocycles. The molecule has 1 aromatic heterocycles. The monoisotopic (exact) mass is 226 g/mol. The molecule has 0 unspecified atom stereocenters. The Bertz CT molecular complexity index is 317. The fourth-order valence-corrected chi connectivity index (χ4v) is 3.00. The van der Waals surface area contributed by atoms with Gasteiger partial charge in [0, 0.05) is 12.8 Å². The number of hydrogen-bond donors (Lipinski definition) is 1. The van der Waals surface area contributed by atoms with Gasteiger partial charge in [-0.3, -0.25) is 0 Å². The second kappa shape index (κ2) is 4.99. The van der Waals surface area contributed by atoms with Crippen molar-refractivity contribution in [2.24, 2.45) is 13.0 Å². The average molecular weight is 226 g/mol. The van der Waals surface area contributed by atoms with E-state index in [0.717, 1.165) is 16.9 Å². The Labute approximate surface area is 94.8 Å². The van der Waals surface area contributed by atoms with E-state index in [4.69, 9.17) is 0 Å². The Kier molecular flexibility index (Phi) is 3.64. The number of nitrogens with one attached hydrogen (secondary N) is 1. The number of thioether (sulfide) groups is 1. The van der Waals surface area contributed by atoms with Gasteiger partial charge in [-0.05, 0) is 38.8 Å². The van der Waals surface area contributed by atoms with Gasteiger partial charge in [-0.15, -0.1) is 0 Å². The largest absolute Gasteiger partial charge is 0.317 e. The molecule has 1 aliphatic heterocycles. The van der Waals surface area contributed by atoms with Crippen LogP contribution in [0, 0.1) is 12.8 Å². The smallest absolute Gasteiger partial charge is 0.186 e. The molecule has 0 amide bonds. The maximum atomic E-state index is 4.39. The molecule has 1 aliphatic rings. The summed E-state index contributed by atoms with van der Waals surface area (Å²) in [5.74, 6) is 2.88. The third-order valence-electron chi connectivity index (χ3n) is 2.74. The number of aromatic nitrogens is 3. The molecule has 1 saturated heterocycles. The number of piperidine rings is 1. The zero-order chi connectivity index (χ0) is 10.7. The lowest BCUT2D eigenvalue weighted by Crippen LogP contribution is -2.28. The van der Waals surface area contributed by atoms with Crippen LogP contribution in [0.1, 0.15) is 18.7 Å². The van der Waals surface area contributed by atoms with E-state index in [2.05, 4.69) is 15.4 Å². The third kappa shape index (κ3) is 2.95. The molecule has 1 N–H and O–H groups in total. The molecule has 0 aliphatic carbocycles. The summed E-state index contributed by atoms with van der Waals surface area (Å²) < 4.78 is 1.88. The van der Waals surface area contributed by atoms with E-state index in [0.29, 0.717) is 0 Å². The Morgan fingerprint density at radius 2 is 2.20 bits per heavy atom. The lowest BCUT2D eigenvalue weighted by atomic mass is 10.0. The highest BCUT2D eigenvalue weighted by Gasteiger charge is 2.14. The molecule has 15 heavy (non-hydrogen) atoms. The maximum Gasteiger partial charge on any atom is 0.186 e. The molecular formula is C10H18N4S. The molecule has 1 aromatic rings. The second-order valence-corrected chi connectivity index (χ2v) is 5.06. The highest BCUT2D eigenvalue weighted by atomic mass is 32.2. The van der Waals surface area contributed by atoms with Crippen LogP contribution >= 0.6 is 11.8 Å². The van der Waals surface area contributed by atoms with Crippen molar-refractivity contribution in [2.75, 3.05) is 18.8 Å². The minimum Gasteiger partial charge on any atom is -0.317 e. The molecule has 0 bridgehead atoms. The topological polar surface area (TPSA) is 42.7 Å². The standard InChI is InChI=1S/C10H18N4S/c1-8-12-10(14(2)13-8)15-7-9-3-5-11-6-4-9/h9,11H,3-7H2,1-2H3. The van der Waals surface area contributed by atoms with Crippen LogP contribution in [0.3, 0.4) is 0 Å². The normalized spacial score (nSPS) is 18.3. The van der Waals surface area contributed by atoms with E-state index < -0.39 is 0 Å². The van der Waals surface area contributed by atoms with E-state index in [1.54, 1.807) is 0 Å². The molecule has 0 saturated carbocycles. The highest BCUT2D eigenvalue weighted by Crippen LogP contribution is 2.22. The van der Waals surface area contributed by atoms with Gasteiger partial charge in [0.25, 0.3) is 0 Å². The Hall–Kier alpha value is -0.550. The van der Waals surface area contributed by atoms with Crippen LogP contribution in [0.15, 0.2) is 5.16 Å². The van der Waals surface area contributed by atoms with Crippen LogP contribution < -0.4 is 5.32 Å². The van der Waals surface area contributed by atoms with Crippen LogP contribution in [0.25, 0.3) is 0 Å². The molecular weight excluding hydrogens is 208 g/mol. The van der Waals surface area contributed by atoms with Crippen molar-refractivity contribution in [1.82, 2.24) is 20.1 Å². The fraction of sp³-hybridized carbons (Fsp3) is 0.800. The van der Waals surface area contributed by atoms with Gasteiger partial charge in [0.1, 0.15) is 5.82 Å². The molecule has 0 atom stereocenters. The Balaban J connectivity index is 1.84. The van der Waals surface area contributed by atoms with E-state index in [1.807, 2.05) is 30.4 Å². The van der Waals surface area contributed by atoms with Gasteiger partial charge < -0.3 is 5.32 Å². The Morgan fingerprint density at radius 3 is 2.80 bits per heavy atom. The minimum absolute atomic E-state index is 0.841. The first-order chi connectivity index (χ1) is 7.25. The fourth-order valence-electron chi connectivity index (χ4n) is 1.86. The minimum atomic E-state index is 0.841. The molecule has 0 spiro atoms. The van der Waals surface area contributed by atoms with Gasteiger partial charge in [0.2, 0.25) is 0 Å². The van der Waals surface area contributed by atoms with Gasteiger partial charge in [0.15, 0.2) is 5.16 Å². The van der Waals surface area contributed by atoms with Gasteiger partial charge in [0.05, 0.1) is 0 Å². The van der Waals surface area contributed by atoms with Crippen LogP contribution in [-0.2, 0) is 7.05 Å². The van der Waals surface area contributed by atoms with Gasteiger partial charge in [-0.1, -0.05) is 11.8 Å². The molecule has 1 fully saturated rings. The number of rotatable bonds is 3. The summed E-state index contributed by atoms with van der Waals surface area (Å²) in [6.45, 7) is 4.28. The van der Waals surface area contributed by atoms with E-state index >= 15 is 0 Å². The third-order valence-corrected chi connectivity index (χ3v) is 3.99. The van der Waals surface area contributed by atoms with E-state index in [9.17, 15) is 0 Å². The number of hydrogen-bond acceptors (Lipinski definition) is 4. The molecule has 2 rings (SSSR count).